The van der Waals surface area contributed by atoms with E-state index >= 15 is 0 Å². The van der Waals surface area contributed by atoms with Gasteiger partial charge in [-0.1, -0.05) is 0 Å². The standard InChI is InChI=1S/C10H12N6O2/c1-18-7-4-6(2-3-12-7)5-13-9(17)8-14-10(11)16-15-8/h2-4H,5H2,1H3,(H,13,17)(H3,11,14,15,16). The fourth-order valence-corrected chi connectivity index (χ4v) is 1.31. The smallest absolute Gasteiger partial charge is 0.288 e. The highest BCUT2D eigenvalue weighted by Gasteiger charge is 2.10. The third-order valence-electron chi connectivity index (χ3n) is 2.18. The molecule has 0 aromatic carbocycles. The fourth-order valence-electron chi connectivity index (χ4n) is 1.31. The lowest BCUT2D eigenvalue weighted by Gasteiger charge is -2.04. The second-order valence-electron chi connectivity index (χ2n) is 3.43. The SMILES string of the molecule is COc1cc(CNC(=O)c2nc(N)n[nH]2)ccn1. The normalized spacial score (nSPS) is 10.1. The minimum absolute atomic E-state index is 0.0331. The summed E-state index contributed by atoms with van der Waals surface area (Å²) in [5, 5.41) is 8.67. The number of nitrogens with one attached hydrogen (secondary N) is 2. The van der Waals surface area contributed by atoms with Gasteiger partial charge in [0.15, 0.2) is 0 Å². The number of nitrogens with zero attached hydrogens (tertiary/aromatic N) is 3. The molecule has 0 aliphatic carbocycles. The number of H-pyrrole nitrogens is 1. The number of aromatic nitrogens is 4. The molecule has 0 aliphatic rings. The van der Waals surface area contributed by atoms with Crippen molar-refractivity contribution in [2.45, 2.75) is 6.54 Å². The zero-order chi connectivity index (χ0) is 13.0. The van der Waals surface area contributed by atoms with Crippen molar-refractivity contribution in [2.75, 3.05) is 12.8 Å². The summed E-state index contributed by atoms with van der Waals surface area (Å²) in [4.78, 5) is 19.3. The van der Waals surface area contributed by atoms with E-state index in [-0.39, 0.29) is 17.7 Å². The molecule has 0 saturated heterocycles. The summed E-state index contributed by atoms with van der Waals surface area (Å²) >= 11 is 0. The van der Waals surface area contributed by atoms with Gasteiger partial charge in [0.25, 0.3) is 5.91 Å². The summed E-state index contributed by atoms with van der Waals surface area (Å²) in [6.45, 7) is 0.332. The van der Waals surface area contributed by atoms with Crippen LogP contribution in [0.15, 0.2) is 18.3 Å². The van der Waals surface area contributed by atoms with Gasteiger partial charge >= 0.3 is 0 Å². The monoisotopic (exact) mass is 248 g/mol. The van der Waals surface area contributed by atoms with Gasteiger partial charge in [0, 0.05) is 18.8 Å². The maximum atomic E-state index is 11.6. The Balaban J connectivity index is 1.97. The Morgan fingerprint density at radius 3 is 3.11 bits per heavy atom. The molecule has 8 nitrogen and oxygen atoms in total. The van der Waals surface area contributed by atoms with Crippen LogP contribution in [-0.2, 0) is 6.54 Å². The molecule has 8 heteroatoms. The van der Waals surface area contributed by atoms with Crippen LogP contribution in [0.4, 0.5) is 5.95 Å². The number of aromatic amines is 1. The van der Waals surface area contributed by atoms with Gasteiger partial charge in [0.05, 0.1) is 7.11 Å². The van der Waals surface area contributed by atoms with Crippen LogP contribution in [0.5, 0.6) is 5.88 Å². The van der Waals surface area contributed by atoms with Crippen molar-refractivity contribution < 1.29 is 9.53 Å². The third kappa shape index (κ3) is 2.73. The number of pyridine rings is 1. The Labute approximate surface area is 103 Å². The number of methoxy groups -OCH3 is 1. The predicted molar refractivity (Wildman–Crippen MR) is 62.8 cm³/mol. The summed E-state index contributed by atoms with van der Waals surface area (Å²) in [5.74, 6) is 0.222. The molecule has 2 heterocycles. The average molecular weight is 248 g/mol. The molecule has 0 bridgehead atoms. The third-order valence-corrected chi connectivity index (χ3v) is 2.18. The summed E-state index contributed by atoms with van der Waals surface area (Å²) in [5.41, 5.74) is 6.17. The number of nitrogens with two attached hydrogens (primary N) is 1. The van der Waals surface area contributed by atoms with Gasteiger partial charge in [-0.3, -0.25) is 9.89 Å². The Kier molecular flexibility index (Phi) is 3.37. The summed E-state index contributed by atoms with van der Waals surface area (Å²) in [6, 6.07) is 3.51. The van der Waals surface area contributed by atoms with Crippen LogP contribution in [0, 0.1) is 0 Å². The van der Waals surface area contributed by atoms with Crippen LogP contribution in [0.3, 0.4) is 0 Å². The number of anilines is 1. The van der Waals surface area contributed by atoms with Gasteiger partial charge in [0.1, 0.15) is 0 Å². The maximum Gasteiger partial charge on any atom is 0.288 e. The lowest BCUT2D eigenvalue weighted by Crippen LogP contribution is -2.24. The van der Waals surface area contributed by atoms with Crippen LogP contribution in [-0.4, -0.2) is 33.2 Å². The minimum atomic E-state index is -0.380. The molecular weight excluding hydrogens is 236 g/mol. The Morgan fingerprint density at radius 1 is 1.61 bits per heavy atom. The quantitative estimate of drug-likeness (QED) is 0.684. The van der Waals surface area contributed by atoms with E-state index in [1.54, 1.807) is 18.3 Å². The number of hydrogen-bond donors (Lipinski definition) is 3. The molecule has 2 rings (SSSR count). The van der Waals surface area contributed by atoms with Gasteiger partial charge in [-0.2, -0.15) is 4.98 Å². The van der Waals surface area contributed by atoms with E-state index in [0.717, 1.165) is 5.56 Å². The zero-order valence-electron chi connectivity index (χ0n) is 9.67. The molecule has 0 spiro atoms. The van der Waals surface area contributed by atoms with Crippen LogP contribution in [0.2, 0.25) is 0 Å². The number of nitrogen functional groups attached to an aromatic ring is 1. The van der Waals surface area contributed by atoms with Crippen molar-refractivity contribution in [3.8, 4) is 5.88 Å². The Bertz CT molecular complexity index is 553. The van der Waals surface area contributed by atoms with Gasteiger partial charge in [0.2, 0.25) is 17.7 Å². The molecule has 94 valence electrons. The highest BCUT2D eigenvalue weighted by atomic mass is 16.5. The van der Waals surface area contributed by atoms with Crippen LogP contribution in [0.25, 0.3) is 0 Å². The van der Waals surface area contributed by atoms with E-state index in [1.165, 1.54) is 7.11 Å². The van der Waals surface area contributed by atoms with Crippen molar-refractivity contribution in [1.29, 1.82) is 0 Å². The molecular formula is C10H12N6O2. The molecule has 4 N–H and O–H groups in total. The van der Waals surface area contributed by atoms with Crippen molar-refractivity contribution in [2.24, 2.45) is 0 Å². The summed E-state index contributed by atoms with van der Waals surface area (Å²) < 4.78 is 4.98. The average Bonchev–Trinajstić information content (AvgIpc) is 2.83. The second kappa shape index (κ2) is 5.13. The number of rotatable bonds is 4. The Hall–Kier alpha value is -2.64. The number of hydrogen-bond acceptors (Lipinski definition) is 6. The number of carbonyl (C=O) groups excluding carboxylic acids is 1. The molecule has 0 atom stereocenters. The van der Waals surface area contributed by atoms with Crippen molar-refractivity contribution in [3.05, 3.63) is 29.7 Å². The molecule has 2 aromatic rings. The maximum absolute atomic E-state index is 11.6. The Morgan fingerprint density at radius 2 is 2.44 bits per heavy atom. The van der Waals surface area contributed by atoms with Gasteiger partial charge < -0.3 is 15.8 Å². The molecule has 2 aromatic heterocycles. The van der Waals surface area contributed by atoms with Gasteiger partial charge in [-0.15, -0.1) is 5.10 Å². The van der Waals surface area contributed by atoms with E-state index in [0.29, 0.717) is 12.4 Å². The van der Waals surface area contributed by atoms with Crippen LogP contribution >= 0.6 is 0 Å². The lowest BCUT2D eigenvalue weighted by molar-refractivity contribution is 0.0941. The lowest BCUT2D eigenvalue weighted by atomic mass is 10.2. The van der Waals surface area contributed by atoms with E-state index in [9.17, 15) is 4.79 Å². The topological polar surface area (TPSA) is 119 Å². The highest BCUT2D eigenvalue weighted by Crippen LogP contribution is 2.08. The summed E-state index contributed by atoms with van der Waals surface area (Å²) in [7, 11) is 1.53. The minimum Gasteiger partial charge on any atom is -0.481 e. The highest BCUT2D eigenvalue weighted by molar-refractivity contribution is 5.90. The zero-order valence-corrected chi connectivity index (χ0v) is 9.67. The van der Waals surface area contributed by atoms with Crippen molar-refractivity contribution in [1.82, 2.24) is 25.5 Å². The van der Waals surface area contributed by atoms with Crippen LogP contribution in [0.1, 0.15) is 16.2 Å². The first-order valence-corrected chi connectivity index (χ1v) is 5.14. The molecule has 18 heavy (non-hydrogen) atoms. The predicted octanol–water partition coefficient (Wildman–Crippen LogP) is -0.280. The molecule has 0 unspecified atom stereocenters. The van der Waals surface area contributed by atoms with Gasteiger partial charge in [-0.05, 0) is 11.6 Å². The first-order chi connectivity index (χ1) is 8.69. The number of carbonyl (C=O) groups is 1. The van der Waals surface area contributed by atoms with Crippen LogP contribution < -0.4 is 15.8 Å². The van der Waals surface area contributed by atoms with E-state index in [1.807, 2.05) is 0 Å². The van der Waals surface area contributed by atoms with Crippen molar-refractivity contribution >= 4 is 11.9 Å². The molecule has 0 radical (unpaired) electrons. The second-order valence-corrected chi connectivity index (χ2v) is 3.43. The molecule has 0 aliphatic heterocycles. The van der Waals surface area contributed by atoms with E-state index < -0.39 is 0 Å². The number of ether oxygens (including phenoxy) is 1. The van der Waals surface area contributed by atoms with Gasteiger partial charge in [-0.25, -0.2) is 4.98 Å². The molecule has 0 saturated carbocycles. The first-order valence-electron chi connectivity index (χ1n) is 5.14. The fraction of sp³-hybridized carbons (Fsp3) is 0.200. The van der Waals surface area contributed by atoms with E-state index in [2.05, 4.69) is 25.5 Å². The molecule has 0 fully saturated rings. The molecule has 1 amide bonds. The summed E-state index contributed by atoms with van der Waals surface area (Å²) in [6.07, 6.45) is 1.60. The van der Waals surface area contributed by atoms with E-state index in [4.69, 9.17) is 10.5 Å². The van der Waals surface area contributed by atoms with Crippen molar-refractivity contribution in [3.63, 3.8) is 0 Å². The first kappa shape index (κ1) is 11.8. The number of amides is 1. The largest absolute Gasteiger partial charge is 0.481 e.